The van der Waals surface area contributed by atoms with Crippen LogP contribution in [0.2, 0.25) is 10.0 Å². The van der Waals surface area contributed by atoms with Crippen molar-refractivity contribution in [2.45, 2.75) is 58.8 Å². The number of rotatable bonds is 4. The lowest BCUT2D eigenvalue weighted by molar-refractivity contribution is -0.134. The Kier molecular flexibility index (Phi) is 6.92. The quantitative estimate of drug-likeness (QED) is 0.695. The number of carbonyl (C=O) groups is 2. The predicted molar refractivity (Wildman–Crippen MR) is 125 cm³/mol. The van der Waals surface area contributed by atoms with Crippen LogP contribution in [0.3, 0.4) is 0 Å². The fraction of sp³-hybridized carbons (Fsp3) is 0.478. The number of nitrogens with zero attached hydrogens (tertiary/aromatic N) is 3. The minimum atomic E-state index is -0.387. The van der Waals surface area contributed by atoms with Crippen LogP contribution in [0.5, 0.6) is 0 Å². The van der Waals surface area contributed by atoms with Gasteiger partial charge in [-0.15, -0.1) is 0 Å². The van der Waals surface area contributed by atoms with Crippen molar-refractivity contribution in [3.05, 3.63) is 57.8 Å². The van der Waals surface area contributed by atoms with Crippen molar-refractivity contribution in [3.8, 4) is 0 Å². The minimum Gasteiger partial charge on any atom is -0.348 e. The average Bonchev–Trinajstić information content (AvgIpc) is 3.14. The number of benzene rings is 1. The first-order valence-electron chi connectivity index (χ1n) is 10.5. The molecule has 6 nitrogen and oxygen atoms in total. The molecule has 0 fully saturated rings. The molecule has 0 saturated heterocycles. The molecule has 0 spiro atoms. The third-order valence-electron chi connectivity index (χ3n) is 5.29. The smallest absolute Gasteiger partial charge is 0.318 e. The monoisotopic (exact) mass is 464 g/mol. The van der Waals surface area contributed by atoms with Crippen LogP contribution in [0.25, 0.3) is 0 Å². The largest absolute Gasteiger partial charge is 0.348 e. The maximum Gasteiger partial charge on any atom is 0.318 e. The minimum absolute atomic E-state index is 0.00187. The van der Waals surface area contributed by atoms with E-state index in [0.29, 0.717) is 23.1 Å². The summed E-state index contributed by atoms with van der Waals surface area (Å²) in [5.74, 6) is -0.110. The van der Waals surface area contributed by atoms with Crippen molar-refractivity contribution in [2.24, 2.45) is 0 Å². The molecule has 0 saturated carbocycles. The summed E-state index contributed by atoms with van der Waals surface area (Å²) in [5.41, 5.74) is 1.51. The molecule has 31 heavy (non-hydrogen) atoms. The number of amides is 3. The Hall–Kier alpha value is -2.18. The zero-order chi connectivity index (χ0) is 22.9. The third-order valence-corrected chi connectivity index (χ3v) is 6.03. The Morgan fingerprint density at radius 1 is 1.16 bits per heavy atom. The van der Waals surface area contributed by atoms with Gasteiger partial charge in [-0.05, 0) is 64.4 Å². The van der Waals surface area contributed by atoms with E-state index in [1.807, 2.05) is 70.0 Å². The lowest BCUT2D eigenvalue weighted by Crippen LogP contribution is -2.54. The predicted octanol–water partition coefficient (Wildman–Crippen LogP) is 4.95. The van der Waals surface area contributed by atoms with Crippen LogP contribution in [0.4, 0.5) is 4.79 Å². The normalized spacial score (nSPS) is 16.3. The Balaban J connectivity index is 1.90. The van der Waals surface area contributed by atoms with E-state index in [0.717, 1.165) is 11.3 Å². The highest BCUT2D eigenvalue weighted by atomic mass is 35.5. The van der Waals surface area contributed by atoms with E-state index in [2.05, 4.69) is 9.88 Å². The standard InChI is InChI=1S/C23H30Cl2N4O2/c1-15(2)29(22(31)26-23(3,4)5)14-20(30)28-12-11-27-10-6-7-19(27)21(28)16-8-9-17(24)18(25)13-16/h6-10,13,15,21H,11-12,14H2,1-5H3,(H,26,31)/t21-/m1/s1. The molecule has 1 aliphatic rings. The van der Waals surface area contributed by atoms with Gasteiger partial charge in [0, 0.05) is 36.6 Å². The summed E-state index contributed by atoms with van der Waals surface area (Å²) in [6.45, 7) is 10.8. The highest BCUT2D eigenvalue weighted by Crippen LogP contribution is 2.35. The molecule has 3 amide bonds. The second-order valence-corrected chi connectivity index (χ2v) is 10.0. The Morgan fingerprint density at radius 3 is 2.48 bits per heavy atom. The van der Waals surface area contributed by atoms with E-state index in [1.165, 1.54) is 0 Å². The molecule has 1 N–H and O–H groups in total. The maximum atomic E-state index is 13.5. The number of hydrogen-bond donors (Lipinski definition) is 1. The van der Waals surface area contributed by atoms with Crippen LogP contribution in [0.1, 0.15) is 51.9 Å². The summed E-state index contributed by atoms with van der Waals surface area (Å²) in [6, 6.07) is 8.78. The second kappa shape index (κ2) is 9.13. The van der Waals surface area contributed by atoms with Gasteiger partial charge in [-0.3, -0.25) is 4.79 Å². The molecule has 0 aliphatic carbocycles. The highest BCUT2D eigenvalue weighted by Gasteiger charge is 2.34. The molecule has 2 aromatic rings. The van der Waals surface area contributed by atoms with E-state index in [4.69, 9.17) is 23.2 Å². The van der Waals surface area contributed by atoms with Crippen LogP contribution in [-0.2, 0) is 11.3 Å². The fourth-order valence-corrected chi connectivity index (χ4v) is 4.11. The Labute approximate surface area is 194 Å². The topological polar surface area (TPSA) is 57.6 Å². The highest BCUT2D eigenvalue weighted by molar-refractivity contribution is 6.42. The molecule has 2 heterocycles. The molecule has 0 unspecified atom stereocenters. The molecule has 1 aliphatic heterocycles. The number of aromatic nitrogens is 1. The maximum absolute atomic E-state index is 13.5. The van der Waals surface area contributed by atoms with Gasteiger partial charge in [0.2, 0.25) is 5.91 Å². The van der Waals surface area contributed by atoms with Crippen molar-refractivity contribution in [2.75, 3.05) is 13.1 Å². The van der Waals surface area contributed by atoms with Crippen LogP contribution >= 0.6 is 23.2 Å². The molecule has 168 valence electrons. The number of carbonyl (C=O) groups excluding carboxylic acids is 2. The van der Waals surface area contributed by atoms with Crippen LogP contribution in [0, 0.1) is 0 Å². The van der Waals surface area contributed by atoms with Crippen LogP contribution in [-0.4, -0.2) is 51.0 Å². The molecule has 0 radical (unpaired) electrons. The van der Waals surface area contributed by atoms with Crippen LogP contribution in [0.15, 0.2) is 36.5 Å². The molecule has 3 rings (SSSR count). The lowest BCUT2D eigenvalue weighted by Gasteiger charge is -2.39. The van der Waals surface area contributed by atoms with E-state index < -0.39 is 0 Å². The number of hydrogen-bond acceptors (Lipinski definition) is 2. The first-order chi connectivity index (χ1) is 14.5. The van der Waals surface area contributed by atoms with Gasteiger partial charge in [0.05, 0.1) is 16.1 Å². The average molecular weight is 465 g/mol. The first kappa shape index (κ1) is 23.5. The van der Waals surface area contributed by atoms with Crippen molar-refractivity contribution >= 4 is 35.1 Å². The Morgan fingerprint density at radius 2 is 1.87 bits per heavy atom. The van der Waals surface area contributed by atoms with E-state index in [-0.39, 0.29) is 36.1 Å². The molecule has 8 heteroatoms. The summed E-state index contributed by atoms with van der Waals surface area (Å²) in [7, 11) is 0. The van der Waals surface area contributed by atoms with Gasteiger partial charge in [-0.1, -0.05) is 29.3 Å². The fourth-order valence-electron chi connectivity index (χ4n) is 3.80. The number of halogens is 2. The number of urea groups is 1. The van der Waals surface area contributed by atoms with Gasteiger partial charge in [-0.25, -0.2) is 4.79 Å². The summed E-state index contributed by atoms with van der Waals surface area (Å²) in [5, 5.41) is 3.88. The first-order valence-corrected chi connectivity index (χ1v) is 11.2. The third kappa shape index (κ3) is 5.36. The summed E-state index contributed by atoms with van der Waals surface area (Å²) in [6.07, 6.45) is 2.01. The molecule has 1 atom stereocenters. The van der Waals surface area contributed by atoms with Crippen LogP contribution < -0.4 is 5.32 Å². The summed E-state index contributed by atoms with van der Waals surface area (Å²) >= 11 is 12.4. The van der Waals surface area contributed by atoms with Gasteiger partial charge < -0.3 is 19.7 Å². The zero-order valence-electron chi connectivity index (χ0n) is 18.7. The SMILES string of the molecule is CC(C)N(CC(=O)N1CCn2cccc2[C@H]1c1ccc(Cl)c(Cl)c1)C(=O)NC(C)(C)C. The van der Waals surface area contributed by atoms with Gasteiger partial charge >= 0.3 is 6.03 Å². The van der Waals surface area contributed by atoms with E-state index in [1.54, 1.807) is 11.0 Å². The van der Waals surface area contributed by atoms with Crippen molar-refractivity contribution in [1.82, 2.24) is 19.7 Å². The molecule has 1 aromatic carbocycles. The summed E-state index contributed by atoms with van der Waals surface area (Å²) < 4.78 is 2.14. The van der Waals surface area contributed by atoms with Crippen molar-refractivity contribution in [3.63, 3.8) is 0 Å². The number of nitrogens with one attached hydrogen (secondary N) is 1. The number of fused-ring (bicyclic) bond motifs is 1. The second-order valence-electron chi connectivity index (χ2n) is 9.19. The van der Waals surface area contributed by atoms with Crippen molar-refractivity contribution in [1.29, 1.82) is 0 Å². The van der Waals surface area contributed by atoms with E-state index in [9.17, 15) is 9.59 Å². The van der Waals surface area contributed by atoms with Gasteiger partial charge in [0.15, 0.2) is 0 Å². The Bertz CT molecular complexity index is 965. The molecular weight excluding hydrogens is 435 g/mol. The molecule has 0 bridgehead atoms. The van der Waals surface area contributed by atoms with E-state index >= 15 is 0 Å². The van der Waals surface area contributed by atoms with Gasteiger partial charge in [0.1, 0.15) is 6.54 Å². The van der Waals surface area contributed by atoms with Gasteiger partial charge in [0.25, 0.3) is 0 Å². The molecular formula is C23H30Cl2N4O2. The zero-order valence-corrected chi connectivity index (χ0v) is 20.2. The van der Waals surface area contributed by atoms with Gasteiger partial charge in [-0.2, -0.15) is 0 Å². The molecule has 1 aromatic heterocycles. The lowest BCUT2D eigenvalue weighted by atomic mass is 9.99. The van der Waals surface area contributed by atoms with Crippen molar-refractivity contribution < 1.29 is 9.59 Å². The summed E-state index contributed by atoms with van der Waals surface area (Å²) in [4.78, 5) is 29.7.